The molecule has 2 aliphatic heterocycles. The Hall–Kier alpha value is -4.08. The third kappa shape index (κ3) is 14.9. The molecule has 2 fully saturated rings. The van der Waals surface area contributed by atoms with Crippen molar-refractivity contribution in [2.45, 2.75) is 33.2 Å². The van der Waals surface area contributed by atoms with Crippen LogP contribution in [0.5, 0.6) is 0 Å². The maximum absolute atomic E-state index is 4.55. The maximum Gasteiger partial charge on any atom is 0.0942 e. The molecule has 276 valence electrons. The zero-order valence-corrected chi connectivity index (χ0v) is 31.5. The second-order valence-electron chi connectivity index (χ2n) is 13.4. The summed E-state index contributed by atoms with van der Waals surface area (Å²) >= 11 is 0. The number of hydrogen-bond acceptors (Lipinski definition) is 10. The molecule has 0 bridgehead atoms. The minimum atomic E-state index is 0.259. The fourth-order valence-corrected chi connectivity index (χ4v) is 6.10. The first-order chi connectivity index (χ1) is 23.5. The van der Waals surface area contributed by atoms with E-state index in [2.05, 4.69) is 123 Å². The molecule has 0 aromatic heterocycles. The summed E-state index contributed by atoms with van der Waals surface area (Å²) < 4.78 is 0. The molecule has 2 heterocycles. The molecule has 0 aromatic carbocycles. The molecule has 10 heteroatoms. The molecule has 10 nitrogen and oxygen atoms in total. The number of nitrogens with one attached hydrogen (secondary N) is 2. The molecule has 49 heavy (non-hydrogen) atoms. The molecular weight excluding hydrogens is 608 g/mol. The third-order valence-electron chi connectivity index (χ3n) is 9.83. The van der Waals surface area contributed by atoms with Crippen LogP contribution >= 0.6 is 0 Å². The van der Waals surface area contributed by atoms with Crippen molar-refractivity contribution in [1.82, 2.24) is 49.8 Å². The zero-order chi connectivity index (χ0) is 36.2. The lowest BCUT2D eigenvalue weighted by Crippen LogP contribution is -2.47. The Morgan fingerprint density at radius 3 is 1.16 bits per heavy atom. The number of nitrogens with zero attached hydrogens (tertiary/aromatic N) is 8. The first kappa shape index (κ1) is 41.1. The minimum Gasteiger partial charge on any atom is -0.374 e. The SMILES string of the molecule is C=CN1CCN(C=C)CCN(C(=C)NCCC(NC(=C)N2CCN(C=C)CCN(C=C)CCN(C(=C)C)CC2)C(C)C)CCN(C=C)CC1. The highest BCUT2D eigenvalue weighted by Gasteiger charge is 2.20. The molecular formula is C39H70N10. The van der Waals surface area contributed by atoms with Gasteiger partial charge in [-0.15, -0.1) is 0 Å². The highest BCUT2D eigenvalue weighted by molar-refractivity contribution is 4.99. The highest BCUT2D eigenvalue weighted by Crippen LogP contribution is 2.13. The highest BCUT2D eigenvalue weighted by atomic mass is 15.3. The summed E-state index contributed by atoms with van der Waals surface area (Å²) in [4.78, 5) is 18.5. The summed E-state index contributed by atoms with van der Waals surface area (Å²) in [6, 6.07) is 0.259. The van der Waals surface area contributed by atoms with Crippen LogP contribution in [0.4, 0.5) is 0 Å². The molecule has 1 unspecified atom stereocenters. The van der Waals surface area contributed by atoms with Crippen molar-refractivity contribution < 1.29 is 0 Å². The minimum absolute atomic E-state index is 0.259. The van der Waals surface area contributed by atoms with Gasteiger partial charge < -0.3 is 49.8 Å². The molecule has 1 atom stereocenters. The van der Waals surface area contributed by atoms with Crippen molar-refractivity contribution in [3.8, 4) is 0 Å². The molecule has 0 aliphatic carbocycles. The van der Waals surface area contributed by atoms with E-state index < -0.39 is 0 Å². The number of hydrogen-bond donors (Lipinski definition) is 2. The lowest BCUT2D eigenvalue weighted by Gasteiger charge is -2.37. The second kappa shape index (κ2) is 22.5. The van der Waals surface area contributed by atoms with Crippen LogP contribution in [0.3, 0.4) is 0 Å². The monoisotopic (exact) mass is 679 g/mol. The Balaban J connectivity index is 2.04. The van der Waals surface area contributed by atoms with Gasteiger partial charge in [-0.05, 0) is 50.3 Å². The summed E-state index contributed by atoms with van der Waals surface area (Å²) in [6.45, 7) is 55.3. The molecule has 0 amide bonds. The number of rotatable bonds is 15. The van der Waals surface area contributed by atoms with Crippen LogP contribution in [0, 0.1) is 5.92 Å². The molecule has 0 spiro atoms. The van der Waals surface area contributed by atoms with Gasteiger partial charge in [0.2, 0.25) is 0 Å². The van der Waals surface area contributed by atoms with Crippen molar-refractivity contribution >= 4 is 0 Å². The van der Waals surface area contributed by atoms with Crippen molar-refractivity contribution in [3.63, 3.8) is 0 Å². The van der Waals surface area contributed by atoms with Gasteiger partial charge in [-0.1, -0.05) is 66.5 Å². The van der Waals surface area contributed by atoms with Gasteiger partial charge in [0.25, 0.3) is 0 Å². The number of allylic oxidation sites excluding steroid dienone is 1. The van der Waals surface area contributed by atoms with Crippen molar-refractivity contribution in [3.05, 3.63) is 101 Å². The Kier molecular flexibility index (Phi) is 18.9. The van der Waals surface area contributed by atoms with Crippen molar-refractivity contribution in [2.75, 3.05) is 111 Å². The van der Waals surface area contributed by atoms with Crippen LogP contribution < -0.4 is 10.6 Å². The van der Waals surface area contributed by atoms with Crippen molar-refractivity contribution in [1.29, 1.82) is 0 Å². The molecule has 2 saturated heterocycles. The summed E-state index contributed by atoms with van der Waals surface area (Å²) in [7, 11) is 0. The van der Waals surface area contributed by atoms with E-state index in [1.165, 1.54) is 0 Å². The zero-order valence-electron chi connectivity index (χ0n) is 31.5. The van der Waals surface area contributed by atoms with Gasteiger partial charge in [0.15, 0.2) is 0 Å². The van der Waals surface area contributed by atoms with Crippen LogP contribution in [0.25, 0.3) is 0 Å². The van der Waals surface area contributed by atoms with Crippen LogP contribution in [0.15, 0.2) is 101 Å². The summed E-state index contributed by atoms with van der Waals surface area (Å²) in [6.07, 6.45) is 10.7. The van der Waals surface area contributed by atoms with E-state index in [0.29, 0.717) is 5.92 Å². The average molecular weight is 679 g/mol. The second-order valence-corrected chi connectivity index (χ2v) is 13.4. The van der Waals surface area contributed by atoms with Crippen LogP contribution in [0.1, 0.15) is 27.2 Å². The molecule has 2 rings (SSSR count). The molecule has 0 radical (unpaired) electrons. The van der Waals surface area contributed by atoms with Gasteiger partial charge in [-0.2, -0.15) is 0 Å². The van der Waals surface area contributed by atoms with Crippen LogP contribution in [-0.2, 0) is 0 Å². The van der Waals surface area contributed by atoms with Crippen molar-refractivity contribution in [2.24, 2.45) is 5.92 Å². The summed E-state index contributed by atoms with van der Waals surface area (Å²) in [5.41, 5.74) is 1.09. The van der Waals surface area contributed by atoms with Gasteiger partial charge in [0, 0.05) is 123 Å². The Morgan fingerprint density at radius 2 is 0.816 bits per heavy atom. The topological polar surface area (TPSA) is 50.0 Å². The van der Waals surface area contributed by atoms with Gasteiger partial charge in [-0.3, -0.25) is 0 Å². The molecule has 2 aliphatic rings. The van der Waals surface area contributed by atoms with E-state index in [1.807, 2.05) is 31.0 Å². The normalized spacial score (nSPS) is 18.6. The van der Waals surface area contributed by atoms with E-state index >= 15 is 0 Å². The molecule has 0 saturated carbocycles. The van der Waals surface area contributed by atoms with Gasteiger partial charge in [0.1, 0.15) is 0 Å². The Labute approximate surface area is 300 Å². The van der Waals surface area contributed by atoms with E-state index in [-0.39, 0.29) is 6.04 Å². The fourth-order valence-electron chi connectivity index (χ4n) is 6.10. The molecule has 2 N–H and O–H groups in total. The van der Waals surface area contributed by atoms with Crippen LogP contribution in [0.2, 0.25) is 0 Å². The predicted octanol–water partition coefficient (Wildman–Crippen LogP) is 4.22. The van der Waals surface area contributed by atoms with Gasteiger partial charge >= 0.3 is 0 Å². The van der Waals surface area contributed by atoms with E-state index in [9.17, 15) is 0 Å². The maximum atomic E-state index is 4.55. The Morgan fingerprint density at radius 1 is 0.510 bits per heavy atom. The van der Waals surface area contributed by atoms with Gasteiger partial charge in [0.05, 0.1) is 11.6 Å². The quantitative estimate of drug-likeness (QED) is 0.264. The largest absolute Gasteiger partial charge is 0.374 e. The Bertz CT molecular complexity index is 1050. The van der Waals surface area contributed by atoms with E-state index in [0.717, 1.165) is 135 Å². The van der Waals surface area contributed by atoms with Gasteiger partial charge in [-0.25, -0.2) is 0 Å². The fraction of sp³-hybridized carbons (Fsp3) is 0.590. The lowest BCUT2D eigenvalue weighted by atomic mass is 10.0. The molecule has 0 aromatic rings. The smallest absolute Gasteiger partial charge is 0.0942 e. The lowest BCUT2D eigenvalue weighted by molar-refractivity contribution is 0.194. The first-order valence-corrected chi connectivity index (χ1v) is 18.2. The predicted molar refractivity (Wildman–Crippen MR) is 211 cm³/mol. The van der Waals surface area contributed by atoms with Crippen LogP contribution in [-0.4, -0.2) is 157 Å². The first-order valence-electron chi connectivity index (χ1n) is 18.2. The summed E-state index contributed by atoms with van der Waals surface area (Å²) in [5, 5.41) is 7.48. The van der Waals surface area contributed by atoms with E-state index in [4.69, 9.17) is 0 Å². The standard InChI is InChI=1S/C39H70N10/c1-12-42-19-21-44(14-3)26-30-48(31-27-45(15-4)22-20-42)37(10)40-18-17-39(35(6)7)41-38(11)49-32-28-46(16-5)24-23-43(13-2)25-29-47(33-34-49)36(8)9/h12-16,35,39-41H,1-5,8,10-11,17-34H2,6-7,9H3. The van der Waals surface area contributed by atoms with E-state index in [1.54, 1.807) is 0 Å². The summed E-state index contributed by atoms with van der Waals surface area (Å²) in [5.74, 6) is 2.36. The third-order valence-corrected chi connectivity index (χ3v) is 9.83. The average Bonchev–Trinajstić information content (AvgIpc) is 3.08.